The first-order valence-electron chi connectivity index (χ1n) is 6.50. The van der Waals surface area contributed by atoms with Crippen LogP contribution in [0.15, 0.2) is 57.9 Å². The zero-order valence-electron chi connectivity index (χ0n) is 11.6. The van der Waals surface area contributed by atoms with E-state index >= 15 is 0 Å². The number of benzene rings is 2. The fraction of sp³-hybridized carbons (Fsp3) is 0. The van der Waals surface area contributed by atoms with Crippen LogP contribution < -0.4 is 0 Å². The highest BCUT2D eigenvalue weighted by molar-refractivity contribution is 6.30. The van der Waals surface area contributed by atoms with Crippen molar-refractivity contribution in [2.24, 2.45) is 4.99 Å². The smallest absolute Gasteiger partial charge is 0.342 e. The standard InChI is InChI=1S/C15H9ClN4O3/c16-12-5-3-11(4-6-12)14-18-19-15(23-14)17-9-10-1-7-13(8-2-10)20(21)22/h1-9H/b17-9+. The van der Waals surface area contributed by atoms with E-state index in [2.05, 4.69) is 15.2 Å². The first-order chi connectivity index (χ1) is 11.1. The average molecular weight is 329 g/mol. The molecular weight excluding hydrogens is 320 g/mol. The number of hydrogen-bond acceptors (Lipinski definition) is 6. The van der Waals surface area contributed by atoms with Crippen LogP contribution in [0, 0.1) is 10.1 Å². The van der Waals surface area contributed by atoms with Crippen molar-refractivity contribution in [3.8, 4) is 11.5 Å². The minimum atomic E-state index is -0.461. The molecule has 0 amide bonds. The summed E-state index contributed by atoms with van der Waals surface area (Å²) in [5, 5.41) is 18.9. The van der Waals surface area contributed by atoms with Gasteiger partial charge in [0.25, 0.3) is 5.69 Å². The Hall–Kier alpha value is -3.06. The molecule has 0 unspecified atom stereocenters. The monoisotopic (exact) mass is 328 g/mol. The number of non-ortho nitro benzene ring substituents is 1. The second-order valence-electron chi connectivity index (χ2n) is 4.50. The van der Waals surface area contributed by atoms with Crippen molar-refractivity contribution in [2.45, 2.75) is 0 Å². The number of hydrogen-bond donors (Lipinski definition) is 0. The Balaban J connectivity index is 1.75. The van der Waals surface area contributed by atoms with Crippen LogP contribution in [0.1, 0.15) is 5.56 Å². The predicted octanol–water partition coefficient (Wildman–Crippen LogP) is 4.05. The van der Waals surface area contributed by atoms with Gasteiger partial charge in [0.1, 0.15) is 0 Å². The zero-order chi connectivity index (χ0) is 16.2. The third kappa shape index (κ3) is 3.58. The van der Waals surface area contributed by atoms with Crippen molar-refractivity contribution in [1.82, 2.24) is 10.2 Å². The van der Waals surface area contributed by atoms with Gasteiger partial charge in [0.05, 0.1) is 4.92 Å². The minimum Gasteiger partial charge on any atom is -0.402 e. The highest BCUT2D eigenvalue weighted by atomic mass is 35.5. The van der Waals surface area contributed by atoms with Gasteiger partial charge in [-0.15, -0.1) is 5.10 Å². The fourth-order valence-corrected chi connectivity index (χ4v) is 1.91. The summed E-state index contributed by atoms with van der Waals surface area (Å²) in [6, 6.07) is 13.0. The van der Waals surface area contributed by atoms with Gasteiger partial charge in [-0.05, 0) is 42.0 Å². The summed E-state index contributed by atoms with van der Waals surface area (Å²) in [5.41, 5.74) is 1.44. The molecule has 2 aromatic carbocycles. The lowest BCUT2D eigenvalue weighted by Gasteiger charge is -1.93. The van der Waals surface area contributed by atoms with E-state index < -0.39 is 4.92 Å². The number of aliphatic imine (C=N–C) groups is 1. The molecule has 3 aromatic rings. The third-order valence-electron chi connectivity index (χ3n) is 2.93. The van der Waals surface area contributed by atoms with Crippen molar-refractivity contribution < 1.29 is 9.34 Å². The molecule has 0 aliphatic rings. The molecule has 0 aliphatic heterocycles. The third-order valence-corrected chi connectivity index (χ3v) is 3.19. The number of nitro groups is 1. The van der Waals surface area contributed by atoms with Gasteiger partial charge in [0.15, 0.2) is 0 Å². The fourth-order valence-electron chi connectivity index (χ4n) is 1.79. The normalized spacial score (nSPS) is 11.0. The van der Waals surface area contributed by atoms with Crippen LogP contribution in [0.5, 0.6) is 0 Å². The van der Waals surface area contributed by atoms with Crippen LogP contribution in [0.2, 0.25) is 5.02 Å². The Kier molecular flexibility index (Phi) is 4.11. The summed E-state index contributed by atoms with van der Waals surface area (Å²) >= 11 is 5.82. The maximum atomic E-state index is 10.6. The van der Waals surface area contributed by atoms with Gasteiger partial charge in [-0.1, -0.05) is 16.7 Å². The Labute approximate surface area is 135 Å². The molecule has 8 heteroatoms. The van der Waals surface area contributed by atoms with Crippen LogP contribution in [0.3, 0.4) is 0 Å². The molecule has 7 nitrogen and oxygen atoms in total. The lowest BCUT2D eigenvalue weighted by molar-refractivity contribution is -0.384. The number of aromatic nitrogens is 2. The van der Waals surface area contributed by atoms with Gasteiger partial charge in [0, 0.05) is 28.9 Å². The summed E-state index contributed by atoms with van der Waals surface area (Å²) < 4.78 is 5.42. The average Bonchev–Trinajstić information content (AvgIpc) is 3.03. The second-order valence-corrected chi connectivity index (χ2v) is 4.94. The van der Waals surface area contributed by atoms with Gasteiger partial charge in [-0.25, -0.2) is 4.99 Å². The van der Waals surface area contributed by atoms with E-state index in [1.165, 1.54) is 18.3 Å². The van der Waals surface area contributed by atoms with Gasteiger partial charge in [0.2, 0.25) is 5.89 Å². The van der Waals surface area contributed by atoms with E-state index in [-0.39, 0.29) is 11.7 Å². The molecule has 0 aliphatic carbocycles. The van der Waals surface area contributed by atoms with Crippen LogP contribution in [0.25, 0.3) is 11.5 Å². The number of rotatable bonds is 4. The highest BCUT2D eigenvalue weighted by Gasteiger charge is 2.07. The second kappa shape index (κ2) is 6.37. The van der Waals surface area contributed by atoms with Gasteiger partial charge >= 0.3 is 6.01 Å². The molecule has 1 heterocycles. The Morgan fingerprint density at radius 1 is 1.09 bits per heavy atom. The molecule has 3 rings (SSSR count). The quantitative estimate of drug-likeness (QED) is 0.409. The van der Waals surface area contributed by atoms with Crippen molar-refractivity contribution in [2.75, 3.05) is 0 Å². The Morgan fingerprint density at radius 2 is 1.78 bits per heavy atom. The Bertz CT molecular complexity index is 857. The highest BCUT2D eigenvalue weighted by Crippen LogP contribution is 2.22. The van der Waals surface area contributed by atoms with E-state index in [0.717, 1.165) is 5.56 Å². The molecule has 0 bridgehead atoms. The molecule has 0 spiro atoms. The lowest BCUT2D eigenvalue weighted by Crippen LogP contribution is -1.88. The minimum absolute atomic E-state index is 0.0185. The topological polar surface area (TPSA) is 94.4 Å². The number of nitro benzene ring substituents is 1. The van der Waals surface area contributed by atoms with Gasteiger partial charge < -0.3 is 4.42 Å². The molecule has 0 N–H and O–H groups in total. The lowest BCUT2D eigenvalue weighted by atomic mass is 10.2. The van der Waals surface area contributed by atoms with Crippen molar-refractivity contribution in [1.29, 1.82) is 0 Å². The zero-order valence-corrected chi connectivity index (χ0v) is 12.3. The summed E-state index contributed by atoms with van der Waals surface area (Å²) in [6.07, 6.45) is 1.49. The first-order valence-corrected chi connectivity index (χ1v) is 6.87. The number of nitrogens with zero attached hydrogens (tertiary/aromatic N) is 4. The van der Waals surface area contributed by atoms with Gasteiger partial charge in [-0.3, -0.25) is 10.1 Å². The van der Waals surface area contributed by atoms with E-state index in [9.17, 15) is 10.1 Å². The summed E-state index contributed by atoms with van der Waals surface area (Å²) in [4.78, 5) is 14.2. The van der Waals surface area contributed by atoms with Gasteiger partial charge in [-0.2, -0.15) is 0 Å². The van der Waals surface area contributed by atoms with Crippen LogP contribution in [-0.4, -0.2) is 21.3 Å². The molecule has 23 heavy (non-hydrogen) atoms. The number of halogens is 1. The molecule has 114 valence electrons. The molecule has 0 fully saturated rings. The van der Waals surface area contributed by atoms with Crippen molar-refractivity contribution in [3.63, 3.8) is 0 Å². The van der Waals surface area contributed by atoms with Crippen molar-refractivity contribution in [3.05, 3.63) is 69.2 Å². The molecule has 1 aromatic heterocycles. The van der Waals surface area contributed by atoms with Crippen LogP contribution in [-0.2, 0) is 0 Å². The maximum Gasteiger partial charge on any atom is 0.342 e. The molecule has 0 radical (unpaired) electrons. The predicted molar refractivity (Wildman–Crippen MR) is 85.1 cm³/mol. The summed E-state index contributed by atoms with van der Waals surface area (Å²) in [7, 11) is 0. The SMILES string of the molecule is O=[N+]([O-])c1ccc(/C=N/c2nnc(-c3ccc(Cl)cc3)o2)cc1. The van der Waals surface area contributed by atoms with E-state index in [0.29, 0.717) is 16.5 Å². The first kappa shape index (κ1) is 14.9. The van der Waals surface area contributed by atoms with E-state index in [1.807, 2.05) is 0 Å². The van der Waals surface area contributed by atoms with Crippen molar-refractivity contribution >= 4 is 29.5 Å². The maximum absolute atomic E-state index is 10.6. The molecule has 0 saturated carbocycles. The molecule has 0 atom stereocenters. The summed E-state index contributed by atoms with van der Waals surface area (Å²) in [6.45, 7) is 0. The van der Waals surface area contributed by atoms with E-state index in [4.69, 9.17) is 16.0 Å². The molecular formula is C15H9ClN4O3. The Morgan fingerprint density at radius 3 is 2.43 bits per heavy atom. The van der Waals surface area contributed by atoms with Crippen LogP contribution >= 0.6 is 11.6 Å². The summed E-state index contributed by atoms with van der Waals surface area (Å²) in [5.74, 6) is 0.331. The van der Waals surface area contributed by atoms with E-state index in [1.54, 1.807) is 36.4 Å². The van der Waals surface area contributed by atoms with Crippen LogP contribution in [0.4, 0.5) is 11.7 Å². The molecule has 0 saturated heterocycles. The largest absolute Gasteiger partial charge is 0.402 e.